The first-order chi connectivity index (χ1) is 9.74. The third-order valence-corrected chi connectivity index (χ3v) is 4.14. The van der Waals surface area contributed by atoms with Crippen LogP contribution < -0.4 is 10.2 Å². The molecule has 112 valence electrons. The van der Waals surface area contributed by atoms with Gasteiger partial charge >= 0.3 is 0 Å². The Hall–Kier alpha value is -0.770. The van der Waals surface area contributed by atoms with Crippen molar-refractivity contribution in [3.63, 3.8) is 0 Å². The van der Waals surface area contributed by atoms with Gasteiger partial charge in [0.05, 0.1) is 0 Å². The number of hydrogen-bond acceptors (Lipinski definition) is 3. The van der Waals surface area contributed by atoms with Crippen molar-refractivity contribution in [2.75, 3.05) is 31.1 Å². The van der Waals surface area contributed by atoms with Gasteiger partial charge in [-0.25, -0.2) is 0 Å². The lowest BCUT2D eigenvalue weighted by atomic mass is 9.97. The molecule has 0 radical (unpaired) electrons. The number of benzene rings is 1. The minimum absolute atomic E-state index is 0.285. The van der Waals surface area contributed by atoms with Crippen molar-refractivity contribution >= 4 is 17.3 Å². The molecular weight excluding hydrogens is 272 g/mol. The van der Waals surface area contributed by atoms with E-state index in [0.29, 0.717) is 5.92 Å². The third kappa shape index (κ3) is 4.11. The predicted octanol–water partition coefficient (Wildman–Crippen LogP) is 3.05. The first-order valence-corrected chi connectivity index (χ1v) is 7.97. The summed E-state index contributed by atoms with van der Waals surface area (Å²) in [6.07, 6.45) is 3.41. The summed E-state index contributed by atoms with van der Waals surface area (Å²) in [6.45, 7) is 6.34. The van der Waals surface area contributed by atoms with Crippen LogP contribution in [0.15, 0.2) is 18.2 Å². The summed E-state index contributed by atoms with van der Waals surface area (Å²) in [4.78, 5) is 2.39. The van der Waals surface area contributed by atoms with Gasteiger partial charge < -0.3 is 15.3 Å². The summed E-state index contributed by atoms with van der Waals surface area (Å²) < 4.78 is 0. The Morgan fingerprint density at radius 2 is 2.30 bits per heavy atom. The molecule has 2 N–H and O–H groups in total. The van der Waals surface area contributed by atoms with E-state index in [2.05, 4.69) is 29.3 Å². The lowest BCUT2D eigenvalue weighted by molar-refractivity contribution is 0.208. The molecule has 1 fully saturated rings. The van der Waals surface area contributed by atoms with Crippen LogP contribution in [-0.4, -0.2) is 31.3 Å². The van der Waals surface area contributed by atoms with Gasteiger partial charge in [0.2, 0.25) is 0 Å². The van der Waals surface area contributed by atoms with Crippen LogP contribution in [0.4, 0.5) is 5.69 Å². The normalized spacial score (nSPS) is 19.4. The zero-order chi connectivity index (χ0) is 14.4. The number of aliphatic hydroxyl groups excluding tert-OH is 1. The molecule has 20 heavy (non-hydrogen) atoms. The third-order valence-electron chi connectivity index (χ3n) is 3.90. The molecule has 1 aromatic rings. The maximum atomic E-state index is 9.38. The number of piperidine rings is 1. The molecule has 0 bridgehead atoms. The van der Waals surface area contributed by atoms with Crippen LogP contribution in [0.5, 0.6) is 0 Å². The highest BCUT2D eigenvalue weighted by Gasteiger charge is 2.21. The molecule has 1 atom stereocenters. The molecule has 3 nitrogen and oxygen atoms in total. The zero-order valence-corrected chi connectivity index (χ0v) is 13.0. The van der Waals surface area contributed by atoms with Crippen LogP contribution in [0.3, 0.4) is 0 Å². The minimum atomic E-state index is 0.285. The van der Waals surface area contributed by atoms with Crippen molar-refractivity contribution in [1.29, 1.82) is 0 Å². The van der Waals surface area contributed by atoms with E-state index in [-0.39, 0.29) is 6.61 Å². The number of halogens is 1. The van der Waals surface area contributed by atoms with Gasteiger partial charge in [-0.05, 0) is 55.5 Å². The number of nitrogens with one attached hydrogen (secondary N) is 1. The average Bonchev–Trinajstić information content (AvgIpc) is 2.48. The van der Waals surface area contributed by atoms with Gasteiger partial charge in [0.25, 0.3) is 0 Å². The van der Waals surface area contributed by atoms with Gasteiger partial charge in [0.1, 0.15) is 0 Å². The van der Waals surface area contributed by atoms with E-state index >= 15 is 0 Å². The molecule has 2 rings (SSSR count). The predicted molar refractivity (Wildman–Crippen MR) is 85.5 cm³/mol. The van der Waals surface area contributed by atoms with Crippen LogP contribution >= 0.6 is 11.6 Å². The van der Waals surface area contributed by atoms with Crippen molar-refractivity contribution in [2.24, 2.45) is 5.92 Å². The van der Waals surface area contributed by atoms with Crippen LogP contribution in [0.2, 0.25) is 5.02 Å². The molecule has 0 saturated carbocycles. The minimum Gasteiger partial charge on any atom is -0.396 e. The Balaban J connectivity index is 2.12. The summed E-state index contributed by atoms with van der Waals surface area (Å²) in [5, 5.41) is 13.6. The smallest absolute Gasteiger partial charge is 0.0476 e. The van der Waals surface area contributed by atoms with Crippen molar-refractivity contribution < 1.29 is 5.11 Å². The number of nitrogens with zero attached hydrogens (tertiary/aromatic N) is 1. The van der Waals surface area contributed by atoms with E-state index in [4.69, 9.17) is 11.6 Å². The highest BCUT2D eigenvalue weighted by atomic mass is 35.5. The highest BCUT2D eigenvalue weighted by molar-refractivity contribution is 6.30. The monoisotopic (exact) mass is 296 g/mol. The topological polar surface area (TPSA) is 35.5 Å². The highest BCUT2D eigenvalue weighted by Crippen LogP contribution is 2.28. The largest absolute Gasteiger partial charge is 0.396 e. The second kappa shape index (κ2) is 7.87. The Kier molecular flexibility index (Phi) is 6.14. The van der Waals surface area contributed by atoms with Crippen LogP contribution in [0.1, 0.15) is 31.7 Å². The first kappa shape index (κ1) is 15.6. The summed E-state index contributed by atoms with van der Waals surface area (Å²) >= 11 is 6.14. The Bertz CT molecular complexity index is 425. The fraction of sp³-hybridized carbons (Fsp3) is 0.625. The van der Waals surface area contributed by atoms with Crippen molar-refractivity contribution in [2.45, 2.75) is 32.7 Å². The summed E-state index contributed by atoms with van der Waals surface area (Å²) in [5.74, 6) is 0.399. The van der Waals surface area contributed by atoms with Crippen LogP contribution in [-0.2, 0) is 6.54 Å². The Labute approximate surface area is 126 Å². The van der Waals surface area contributed by atoms with Crippen molar-refractivity contribution in [3.05, 3.63) is 28.8 Å². The molecule has 1 unspecified atom stereocenters. The molecule has 1 aliphatic heterocycles. The summed E-state index contributed by atoms with van der Waals surface area (Å²) in [6, 6.07) is 6.13. The molecular formula is C16H25ClN2O. The van der Waals surface area contributed by atoms with Gasteiger partial charge in [0.15, 0.2) is 0 Å². The number of aliphatic hydroxyl groups is 1. The summed E-state index contributed by atoms with van der Waals surface area (Å²) in [5.41, 5.74) is 2.51. The number of hydrogen-bond donors (Lipinski definition) is 2. The van der Waals surface area contributed by atoms with E-state index in [1.807, 2.05) is 6.07 Å². The standard InChI is InChI=1S/C16H25ClN2O/c1-2-7-18-10-14-9-15(17)5-6-16(14)19-8-3-4-13(11-19)12-20/h5-6,9,13,18,20H,2-4,7-8,10-12H2,1H3. The van der Waals surface area contributed by atoms with Gasteiger partial charge in [0, 0.05) is 37.0 Å². The average molecular weight is 297 g/mol. The van der Waals surface area contributed by atoms with Crippen molar-refractivity contribution in [1.82, 2.24) is 5.32 Å². The molecule has 1 saturated heterocycles. The molecule has 0 spiro atoms. The Morgan fingerprint density at radius 1 is 1.45 bits per heavy atom. The first-order valence-electron chi connectivity index (χ1n) is 7.59. The number of rotatable bonds is 6. The molecule has 1 aliphatic rings. The van der Waals surface area contributed by atoms with Gasteiger partial charge in [-0.2, -0.15) is 0 Å². The zero-order valence-electron chi connectivity index (χ0n) is 12.2. The van der Waals surface area contributed by atoms with Gasteiger partial charge in [-0.15, -0.1) is 0 Å². The summed E-state index contributed by atoms with van der Waals surface area (Å²) in [7, 11) is 0. The van der Waals surface area contributed by atoms with Gasteiger partial charge in [-0.3, -0.25) is 0 Å². The number of anilines is 1. The maximum Gasteiger partial charge on any atom is 0.0476 e. The fourth-order valence-corrected chi connectivity index (χ4v) is 3.03. The van der Waals surface area contributed by atoms with E-state index in [0.717, 1.165) is 50.5 Å². The van der Waals surface area contributed by atoms with E-state index in [9.17, 15) is 5.11 Å². The fourth-order valence-electron chi connectivity index (χ4n) is 2.84. The molecule has 4 heteroatoms. The lowest BCUT2D eigenvalue weighted by Crippen LogP contribution is -2.37. The maximum absolute atomic E-state index is 9.38. The second-order valence-corrected chi connectivity index (χ2v) is 6.02. The van der Waals surface area contributed by atoms with Crippen molar-refractivity contribution in [3.8, 4) is 0 Å². The van der Waals surface area contributed by atoms with E-state index < -0.39 is 0 Å². The SMILES string of the molecule is CCCNCc1cc(Cl)ccc1N1CCCC(CO)C1. The quantitative estimate of drug-likeness (QED) is 0.792. The lowest BCUT2D eigenvalue weighted by Gasteiger charge is -2.35. The Morgan fingerprint density at radius 3 is 3.05 bits per heavy atom. The van der Waals surface area contributed by atoms with Crippen LogP contribution in [0, 0.1) is 5.92 Å². The van der Waals surface area contributed by atoms with Crippen LogP contribution in [0.25, 0.3) is 0 Å². The van der Waals surface area contributed by atoms with E-state index in [1.165, 1.54) is 11.3 Å². The molecule has 1 aromatic carbocycles. The van der Waals surface area contributed by atoms with E-state index in [1.54, 1.807) is 0 Å². The second-order valence-electron chi connectivity index (χ2n) is 5.59. The molecule has 1 heterocycles. The van der Waals surface area contributed by atoms with Gasteiger partial charge in [-0.1, -0.05) is 18.5 Å². The molecule has 0 aromatic heterocycles. The molecule has 0 amide bonds. The molecule has 0 aliphatic carbocycles.